The summed E-state index contributed by atoms with van der Waals surface area (Å²) >= 11 is 14.0. The standard InChI is InChI=1S/C20H16Cl2N2O2S/c1-2-3-10-25-14-7-4-12(5-8-14)19-23-24-20(26-19)18-17(22)15-9-6-13(21)11-16(15)27-18/h4-9,11H,2-3,10H2,1H3. The summed E-state index contributed by atoms with van der Waals surface area (Å²) in [7, 11) is 0. The zero-order valence-corrected chi connectivity index (χ0v) is 16.9. The normalized spacial score (nSPS) is 11.2. The topological polar surface area (TPSA) is 48.2 Å². The minimum Gasteiger partial charge on any atom is -0.494 e. The number of fused-ring (bicyclic) bond motifs is 1. The molecule has 0 aliphatic rings. The summed E-state index contributed by atoms with van der Waals surface area (Å²) in [5.74, 6) is 1.67. The molecule has 0 spiro atoms. The molecule has 0 atom stereocenters. The fourth-order valence-corrected chi connectivity index (χ4v) is 4.35. The maximum atomic E-state index is 6.50. The van der Waals surface area contributed by atoms with Gasteiger partial charge in [0, 0.05) is 20.7 Å². The highest BCUT2D eigenvalue weighted by molar-refractivity contribution is 7.23. The molecule has 2 heterocycles. The molecule has 0 bridgehead atoms. The van der Waals surface area contributed by atoms with Gasteiger partial charge in [-0.3, -0.25) is 0 Å². The van der Waals surface area contributed by atoms with Crippen LogP contribution in [-0.4, -0.2) is 16.8 Å². The fraction of sp³-hybridized carbons (Fsp3) is 0.200. The van der Waals surface area contributed by atoms with Crippen molar-refractivity contribution in [2.75, 3.05) is 6.61 Å². The van der Waals surface area contributed by atoms with Crippen molar-refractivity contribution in [3.8, 4) is 28.0 Å². The Morgan fingerprint density at radius 1 is 1.04 bits per heavy atom. The summed E-state index contributed by atoms with van der Waals surface area (Å²) in [6.45, 7) is 2.85. The van der Waals surface area contributed by atoms with E-state index in [4.69, 9.17) is 32.4 Å². The van der Waals surface area contributed by atoms with E-state index in [2.05, 4.69) is 17.1 Å². The molecule has 4 rings (SSSR count). The second-order valence-electron chi connectivity index (χ2n) is 6.02. The van der Waals surface area contributed by atoms with E-state index < -0.39 is 0 Å². The number of hydrogen-bond donors (Lipinski definition) is 0. The number of unbranched alkanes of at least 4 members (excludes halogenated alkanes) is 1. The van der Waals surface area contributed by atoms with Crippen molar-refractivity contribution in [1.29, 1.82) is 0 Å². The summed E-state index contributed by atoms with van der Waals surface area (Å²) in [6, 6.07) is 13.2. The van der Waals surface area contributed by atoms with E-state index in [1.54, 1.807) is 0 Å². The van der Waals surface area contributed by atoms with E-state index in [1.165, 1.54) is 11.3 Å². The zero-order chi connectivity index (χ0) is 18.8. The van der Waals surface area contributed by atoms with Gasteiger partial charge in [0.2, 0.25) is 5.89 Å². The fourth-order valence-electron chi connectivity index (χ4n) is 2.64. The Kier molecular flexibility index (Phi) is 5.34. The molecule has 2 aromatic carbocycles. The van der Waals surface area contributed by atoms with E-state index in [1.807, 2.05) is 42.5 Å². The first-order valence-corrected chi connectivity index (χ1v) is 10.2. The first kappa shape index (κ1) is 18.3. The molecule has 0 aliphatic heterocycles. The quantitative estimate of drug-likeness (QED) is 0.313. The van der Waals surface area contributed by atoms with Crippen LogP contribution in [0.5, 0.6) is 5.75 Å². The van der Waals surface area contributed by atoms with Gasteiger partial charge in [0.25, 0.3) is 5.89 Å². The van der Waals surface area contributed by atoms with Crippen LogP contribution in [0.4, 0.5) is 0 Å². The van der Waals surface area contributed by atoms with Crippen LogP contribution in [-0.2, 0) is 0 Å². The van der Waals surface area contributed by atoms with Gasteiger partial charge >= 0.3 is 0 Å². The maximum Gasteiger partial charge on any atom is 0.259 e. The van der Waals surface area contributed by atoms with Crippen molar-refractivity contribution in [3.63, 3.8) is 0 Å². The Morgan fingerprint density at radius 3 is 2.59 bits per heavy atom. The third-order valence-electron chi connectivity index (χ3n) is 4.08. The molecule has 138 valence electrons. The van der Waals surface area contributed by atoms with Crippen molar-refractivity contribution in [2.45, 2.75) is 19.8 Å². The molecular weight excluding hydrogens is 403 g/mol. The van der Waals surface area contributed by atoms with Gasteiger partial charge < -0.3 is 9.15 Å². The Hall–Kier alpha value is -2.08. The molecule has 4 nitrogen and oxygen atoms in total. The van der Waals surface area contributed by atoms with Crippen molar-refractivity contribution in [1.82, 2.24) is 10.2 Å². The Morgan fingerprint density at radius 2 is 1.81 bits per heavy atom. The van der Waals surface area contributed by atoms with Crippen molar-refractivity contribution >= 4 is 44.6 Å². The van der Waals surface area contributed by atoms with E-state index in [-0.39, 0.29) is 0 Å². The number of nitrogens with zero attached hydrogens (tertiary/aromatic N) is 2. The molecule has 0 aliphatic carbocycles. The van der Waals surface area contributed by atoms with Gasteiger partial charge in [0.1, 0.15) is 10.6 Å². The molecule has 4 aromatic rings. The average molecular weight is 419 g/mol. The summed E-state index contributed by atoms with van der Waals surface area (Å²) in [6.07, 6.45) is 2.14. The van der Waals surface area contributed by atoms with Crippen LogP contribution in [0, 0.1) is 0 Å². The third-order valence-corrected chi connectivity index (χ3v) is 5.96. The lowest BCUT2D eigenvalue weighted by Gasteiger charge is -2.04. The second kappa shape index (κ2) is 7.89. The van der Waals surface area contributed by atoms with Gasteiger partial charge in [0.15, 0.2) is 0 Å². The number of hydrogen-bond acceptors (Lipinski definition) is 5. The van der Waals surface area contributed by atoms with E-state index in [0.717, 1.165) is 45.7 Å². The highest BCUT2D eigenvalue weighted by Gasteiger charge is 2.18. The van der Waals surface area contributed by atoms with Crippen molar-refractivity contribution in [3.05, 3.63) is 52.5 Å². The molecule has 0 saturated heterocycles. The summed E-state index contributed by atoms with van der Waals surface area (Å²) < 4.78 is 12.5. The molecule has 0 radical (unpaired) electrons. The number of halogens is 2. The highest BCUT2D eigenvalue weighted by atomic mass is 35.5. The molecule has 0 N–H and O–H groups in total. The molecule has 2 aromatic heterocycles. The lowest BCUT2D eigenvalue weighted by atomic mass is 10.2. The molecule has 0 fully saturated rings. The minimum absolute atomic E-state index is 0.399. The molecule has 0 amide bonds. The molecular formula is C20H16Cl2N2O2S. The summed E-state index contributed by atoms with van der Waals surface area (Å²) in [5.41, 5.74) is 0.830. The maximum absolute atomic E-state index is 6.50. The SMILES string of the molecule is CCCCOc1ccc(-c2nnc(-c3sc4cc(Cl)ccc4c3Cl)o2)cc1. The zero-order valence-electron chi connectivity index (χ0n) is 14.5. The first-order chi connectivity index (χ1) is 13.2. The molecule has 7 heteroatoms. The van der Waals surface area contributed by atoms with Crippen LogP contribution in [0.1, 0.15) is 19.8 Å². The average Bonchev–Trinajstić information content (AvgIpc) is 3.27. The number of thiophene rings is 1. The van der Waals surface area contributed by atoms with Crippen LogP contribution in [0.3, 0.4) is 0 Å². The molecule has 0 saturated carbocycles. The van der Waals surface area contributed by atoms with Crippen molar-refractivity contribution < 1.29 is 9.15 Å². The van der Waals surface area contributed by atoms with Crippen LogP contribution < -0.4 is 4.74 Å². The number of benzene rings is 2. The molecule has 0 unspecified atom stereocenters. The Labute approximate surface area is 170 Å². The second-order valence-corrected chi connectivity index (χ2v) is 7.89. The monoisotopic (exact) mass is 418 g/mol. The Balaban J connectivity index is 1.59. The van der Waals surface area contributed by atoms with Crippen molar-refractivity contribution in [2.24, 2.45) is 0 Å². The predicted molar refractivity (Wildman–Crippen MR) is 111 cm³/mol. The minimum atomic E-state index is 0.399. The third kappa shape index (κ3) is 3.81. The molecule has 27 heavy (non-hydrogen) atoms. The van der Waals surface area contributed by atoms with Crippen LogP contribution >= 0.6 is 34.5 Å². The lowest BCUT2D eigenvalue weighted by Crippen LogP contribution is -1.95. The van der Waals surface area contributed by atoms with Gasteiger partial charge in [-0.05, 0) is 42.8 Å². The van der Waals surface area contributed by atoms with Gasteiger partial charge in [0.05, 0.1) is 11.6 Å². The summed E-state index contributed by atoms with van der Waals surface area (Å²) in [4.78, 5) is 0.743. The largest absolute Gasteiger partial charge is 0.494 e. The van der Waals surface area contributed by atoms with Gasteiger partial charge in [-0.15, -0.1) is 21.5 Å². The predicted octanol–water partition coefficient (Wildman–Crippen LogP) is 7.10. The van der Waals surface area contributed by atoms with Gasteiger partial charge in [-0.1, -0.05) is 42.6 Å². The van der Waals surface area contributed by atoms with Gasteiger partial charge in [-0.2, -0.15) is 0 Å². The number of aromatic nitrogens is 2. The van der Waals surface area contributed by atoms with Crippen LogP contribution in [0.2, 0.25) is 10.0 Å². The van der Waals surface area contributed by atoms with Gasteiger partial charge in [-0.25, -0.2) is 0 Å². The van der Waals surface area contributed by atoms with E-state index in [9.17, 15) is 0 Å². The highest BCUT2D eigenvalue weighted by Crippen LogP contribution is 2.42. The van der Waals surface area contributed by atoms with E-state index >= 15 is 0 Å². The summed E-state index contributed by atoms with van der Waals surface area (Å²) in [5, 5.41) is 10.5. The Bertz CT molecular complexity index is 1070. The lowest BCUT2D eigenvalue weighted by molar-refractivity contribution is 0.309. The van der Waals surface area contributed by atoms with Crippen LogP contribution in [0.25, 0.3) is 32.3 Å². The number of ether oxygens (including phenoxy) is 1. The smallest absolute Gasteiger partial charge is 0.259 e. The number of rotatable bonds is 6. The van der Waals surface area contributed by atoms with Crippen LogP contribution in [0.15, 0.2) is 46.9 Å². The first-order valence-electron chi connectivity index (χ1n) is 8.60. The van der Waals surface area contributed by atoms with E-state index in [0.29, 0.717) is 21.8 Å².